The van der Waals surface area contributed by atoms with Gasteiger partial charge >= 0.3 is 5.97 Å². The molecular weight excluding hydrogens is 279 g/mol. The van der Waals surface area contributed by atoms with Crippen LogP contribution < -0.4 is 10.9 Å². The van der Waals surface area contributed by atoms with Gasteiger partial charge in [-0.25, -0.2) is 9.18 Å². The zero-order chi connectivity index (χ0) is 15.2. The monoisotopic (exact) mass is 290 g/mol. The van der Waals surface area contributed by atoms with Crippen LogP contribution in [-0.2, 0) is 9.53 Å². The Labute approximate surface area is 118 Å². The molecule has 1 aromatic heterocycles. The van der Waals surface area contributed by atoms with E-state index in [1.807, 2.05) is 0 Å². The number of hydrogen-bond donors (Lipinski definition) is 2. The number of amides is 1. The Morgan fingerprint density at radius 2 is 1.95 bits per heavy atom. The van der Waals surface area contributed by atoms with Gasteiger partial charge < -0.3 is 15.0 Å². The molecular formula is C14H11FN2O4. The molecule has 0 saturated carbocycles. The number of halogens is 1. The summed E-state index contributed by atoms with van der Waals surface area (Å²) in [6, 6.07) is 8.32. The number of para-hydroxylation sites is 1. The van der Waals surface area contributed by atoms with E-state index in [1.54, 1.807) is 6.07 Å². The third-order valence-corrected chi connectivity index (χ3v) is 2.52. The van der Waals surface area contributed by atoms with E-state index >= 15 is 0 Å². The van der Waals surface area contributed by atoms with Gasteiger partial charge in [0.15, 0.2) is 6.61 Å². The highest BCUT2D eigenvalue weighted by Gasteiger charge is 2.14. The lowest BCUT2D eigenvalue weighted by molar-refractivity contribution is -0.119. The number of carbonyl (C=O) groups is 2. The van der Waals surface area contributed by atoms with Crippen molar-refractivity contribution in [2.24, 2.45) is 0 Å². The minimum atomic E-state index is -0.930. The topological polar surface area (TPSA) is 88.3 Å². The van der Waals surface area contributed by atoms with Crippen LogP contribution in [0.4, 0.5) is 10.1 Å². The maximum atomic E-state index is 13.3. The molecule has 0 aliphatic carbocycles. The molecule has 0 atom stereocenters. The average Bonchev–Trinajstić information content (AvgIpc) is 2.48. The molecule has 6 nitrogen and oxygen atoms in total. The third-order valence-electron chi connectivity index (χ3n) is 2.52. The van der Waals surface area contributed by atoms with Crippen LogP contribution in [0.3, 0.4) is 0 Å². The minimum Gasteiger partial charge on any atom is -0.452 e. The molecule has 0 spiro atoms. The summed E-state index contributed by atoms with van der Waals surface area (Å²) >= 11 is 0. The third kappa shape index (κ3) is 3.75. The second-order valence-electron chi connectivity index (χ2n) is 4.02. The van der Waals surface area contributed by atoms with E-state index in [2.05, 4.69) is 15.0 Å². The number of aromatic nitrogens is 1. The molecule has 7 heteroatoms. The van der Waals surface area contributed by atoms with E-state index in [0.29, 0.717) is 0 Å². The second kappa shape index (κ2) is 6.47. The molecule has 2 rings (SSSR count). The number of pyridine rings is 1. The largest absolute Gasteiger partial charge is 0.452 e. The van der Waals surface area contributed by atoms with Gasteiger partial charge in [-0.2, -0.15) is 0 Å². The average molecular weight is 290 g/mol. The summed E-state index contributed by atoms with van der Waals surface area (Å²) < 4.78 is 18.0. The molecule has 1 aromatic carbocycles. The Bertz CT molecular complexity index is 727. The number of anilines is 1. The number of carbonyl (C=O) groups excluding carboxylic acids is 2. The fraction of sp³-hybridized carbons (Fsp3) is 0.0714. The molecule has 21 heavy (non-hydrogen) atoms. The Morgan fingerprint density at radius 1 is 1.19 bits per heavy atom. The number of esters is 1. The van der Waals surface area contributed by atoms with Crippen molar-refractivity contribution < 1.29 is 18.7 Å². The molecule has 0 bridgehead atoms. The number of H-pyrrole nitrogens is 1. The van der Waals surface area contributed by atoms with Gasteiger partial charge in [0, 0.05) is 6.20 Å². The fourth-order valence-corrected chi connectivity index (χ4v) is 1.54. The maximum absolute atomic E-state index is 13.3. The molecule has 1 heterocycles. The summed E-state index contributed by atoms with van der Waals surface area (Å²) in [6.45, 7) is -0.624. The maximum Gasteiger partial charge on any atom is 0.344 e. The Kier molecular flexibility index (Phi) is 4.45. The van der Waals surface area contributed by atoms with Crippen molar-refractivity contribution in [1.82, 2.24) is 4.98 Å². The second-order valence-corrected chi connectivity index (χ2v) is 4.02. The number of hydrogen-bond acceptors (Lipinski definition) is 4. The smallest absolute Gasteiger partial charge is 0.344 e. The van der Waals surface area contributed by atoms with Crippen LogP contribution in [0.25, 0.3) is 0 Å². The highest BCUT2D eigenvalue weighted by molar-refractivity contribution is 5.95. The molecule has 108 valence electrons. The van der Waals surface area contributed by atoms with E-state index < -0.39 is 29.9 Å². The number of rotatable bonds is 4. The number of ether oxygens (including phenoxy) is 1. The molecule has 0 aliphatic heterocycles. The number of nitrogens with one attached hydrogen (secondary N) is 2. The summed E-state index contributed by atoms with van der Waals surface area (Å²) in [7, 11) is 0. The van der Waals surface area contributed by atoms with Gasteiger partial charge in [-0.15, -0.1) is 0 Å². The molecule has 0 saturated heterocycles. The Morgan fingerprint density at radius 3 is 2.67 bits per heavy atom. The molecule has 0 unspecified atom stereocenters. The van der Waals surface area contributed by atoms with Gasteiger partial charge in [-0.05, 0) is 24.3 Å². The lowest BCUT2D eigenvalue weighted by Crippen LogP contribution is -2.24. The van der Waals surface area contributed by atoms with E-state index in [0.717, 1.165) is 0 Å². The predicted octanol–water partition coefficient (Wildman–Crippen LogP) is 1.31. The van der Waals surface area contributed by atoms with Gasteiger partial charge in [0.25, 0.3) is 11.5 Å². The van der Waals surface area contributed by atoms with Crippen molar-refractivity contribution in [3.05, 3.63) is 64.3 Å². The van der Waals surface area contributed by atoms with Crippen LogP contribution in [-0.4, -0.2) is 23.5 Å². The number of aromatic amines is 1. The van der Waals surface area contributed by atoms with Gasteiger partial charge in [0.1, 0.15) is 11.4 Å². The molecule has 2 aromatic rings. The highest BCUT2D eigenvalue weighted by atomic mass is 19.1. The SMILES string of the molecule is O=C(COC(=O)c1ccc[nH]c1=O)Nc1ccccc1F. The standard InChI is InChI=1S/C14H11FN2O4/c15-10-5-1-2-6-11(10)17-12(18)8-21-14(20)9-4-3-7-16-13(9)19/h1-7H,8H2,(H,16,19)(H,17,18). The summed E-state index contributed by atoms with van der Waals surface area (Å²) in [5.41, 5.74) is -0.843. The lowest BCUT2D eigenvalue weighted by Gasteiger charge is -2.06. The van der Waals surface area contributed by atoms with E-state index in [4.69, 9.17) is 0 Å². The number of benzene rings is 1. The Balaban J connectivity index is 1.93. The normalized spacial score (nSPS) is 9.95. The fourth-order valence-electron chi connectivity index (χ4n) is 1.54. The molecule has 2 N–H and O–H groups in total. The summed E-state index contributed by atoms with van der Waals surface area (Å²) in [5, 5.41) is 2.25. The molecule has 1 amide bonds. The van der Waals surface area contributed by atoms with Crippen molar-refractivity contribution in [3.63, 3.8) is 0 Å². The van der Waals surface area contributed by atoms with Gasteiger partial charge in [-0.3, -0.25) is 9.59 Å². The van der Waals surface area contributed by atoms with Crippen molar-refractivity contribution in [1.29, 1.82) is 0 Å². The van der Waals surface area contributed by atoms with Gasteiger partial charge in [-0.1, -0.05) is 12.1 Å². The zero-order valence-corrected chi connectivity index (χ0v) is 10.8. The van der Waals surface area contributed by atoms with Crippen LogP contribution in [0, 0.1) is 5.82 Å². The summed E-state index contributed by atoms with van der Waals surface area (Å²) in [5.74, 6) is -2.24. The van der Waals surface area contributed by atoms with E-state index in [1.165, 1.54) is 36.5 Å². The van der Waals surface area contributed by atoms with E-state index in [-0.39, 0.29) is 11.3 Å². The first kappa shape index (κ1) is 14.4. The first-order valence-electron chi connectivity index (χ1n) is 5.97. The Hall–Kier alpha value is -2.96. The minimum absolute atomic E-state index is 0.0175. The van der Waals surface area contributed by atoms with Crippen molar-refractivity contribution in [2.45, 2.75) is 0 Å². The van der Waals surface area contributed by atoms with Crippen LogP contribution in [0.15, 0.2) is 47.4 Å². The summed E-state index contributed by atoms with van der Waals surface area (Å²) in [4.78, 5) is 36.8. The predicted molar refractivity (Wildman–Crippen MR) is 72.4 cm³/mol. The van der Waals surface area contributed by atoms with Gasteiger partial charge in [0.05, 0.1) is 5.69 Å². The zero-order valence-electron chi connectivity index (χ0n) is 10.8. The summed E-state index contributed by atoms with van der Waals surface area (Å²) in [6.07, 6.45) is 1.37. The van der Waals surface area contributed by atoms with Crippen LogP contribution in [0.5, 0.6) is 0 Å². The lowest BCUT2D eigenvalue weighted by atomic mass is 10.3. The first-order valence-corrected chi connectivity index (χ1v) is 5.97. The first-order chi connectivity index (χ1) is 10.1. The van der Waals surface area contributed by atoms with Crippen LogP contribution in [0.2, 0.25) is 0 Å². The van der Waals surface area contributed by atoms with Crippen LogP contribution >= 0.6 is 0 Å². The quantitative estimate of drug-likeness (QED) is 0.831. The molecule has 0 aliphatic rings. The van der Waals surface area contributed by atoms with E-state index in [9.17, 15) is 18.8 Å². The van der Waals surface area contributed by atoms with Crippen molar-refractivity contribution in [2.75, 3.05) is 11.9 Å². The molecule has 0 radical (unpaired) electrons. The van der Waals surface area contributed by atoms with Crippen LogP contribution in [0.1, 0.15) is 10.4 Å². The van der Waals surface area contributed by atoms with Crippen molar-refractivity contribution >= 4 is 17.6 Å². The van der Waals surface area contributed by atoms with Gasteiger partial charge in [0.2, 0.25) is 0 Å². The highest BCUT2D eigenvalue weighted by Crippen LogP contribution is 2.11. The molecule has 0 fully saturated rings. The van der Waals surface area contributed by atoms with Crippen molar-refractivity contribution in [3.8, 4) is 0 Å².